The molecule has 6 nitrogen and oxygen atoms in total. The van der Waals surface area contributed by atoms with Crippen molar-refractivity contribution in [2.24, 2.45) is 0 Å². The number of amides is 2. The van der Waals surface area contributed by atoms with Gasteiger partial charge in [-0.05, 0) is 61.0 Å². The van der Waals surface area contributed by atoms with Crippen molar-refractivity contribution in [2.75, 3.05) is 19.1 Å². The number of thiophene rings is 1. The lowest BCUT2D eigenvalue weighted by atomic mass is 10.0. The van der Waals surface area contributed by atoms with Crippen LogP contribution in [0.1, 0.15) is 47.7 Å². The van der Waals surface area contributed by atoms with Crippen molar-refractivity contribution in [2.45, 2.75) is 51.1 Å². The number of carbonyl (C=O) groups excluding carboxylic acids is 2. The summed E-state index contributed by atoms with van der Waals surface area (Å²) in [5, 5.41) is 5.17. The van der Waals surface area contributed by atoms with Crippen LogP contribution in [0.2, 0.25) is 0 Å². The van der Waals surface area contributed by atoms with Gasteiger partial charge in [0.25, 0.3) is 0 Å². The molecule has 1 heterocycles. The summed E-state index contributed by atoms with van der Waals surface area (Å²) < 4.78 is 10.9. The van der Waals surface area contributed by atoms with Gasteiger partial charge in [0.2, 0.25) is 11.8 Å². The average Bonchev–Trinajstić information content (AvgIpc) is 3.57. The van der Waals surface area contributed by atoms with Crippen molar-refractivity contribution in [3.63, 3.8) is 0 Å². The number of hydrogen-bond donors (Lipinski definition) is 1. The van der Waals surface area contributed by atoms with Crippen LogP contribution in [0.3, 0.4) is 0 Å². The van der Waals surface area contributed by atoms with Crippen molar-refractivity contribution >= 4 is 28.8 Å². The van der Waals surface area contributed by atoms with E-state index < -0.39 is 6.04 Å². The summed E-state index contributed by atoms with van der Waals surface area (Å²) in [5.41, 5.74) is 2.43. The van der Waals surface area contributed by atoms with Crippen LogP contribution < -0.4 is 19.7 Å². The van der Waals surface area contributed by atoms with Crippen LogP contribution in [0.15, 0.2) is 60.0 Å². The molecule has 0 aliphatic heterocycles. The van der Waals surface area contributed by atoms with Gasteiger partial charge in [-0.15, -0.1) is 11.3 Å². The van der Waals surface area contributed by atoms with Crippen LogP contribution in [0.25, 0.3) is 0 Å². The molecule has 0 unspecified atom stereocenters. The quantitative estimate of drug-likeness (QED) is 0.431. The van der Waals surface area contributed by atoms with E-state index in [1.165, 1.54) is 11.3 Å². The Kier molecular flexibility index (Phi) is 8.08. The maximum atomic E-state index is 13.9. The minimum atomic E-state index is -0.856. The Bertz CT molecular complexity index is 1140. The van der Waals surface area contributed by atoms with Crippen LogP contribution >= 0.6 is 11.3 Å². The van der Waals surface area contributed by atoms with Crippen molar-refractivity contribution in [1.82, 2.24) is 5.32 Å². The molecule has 7 heteroatoms. The van der Waals surface area contributed by atoms with Crippen molar-refractivity contribution in [3.05, 3.63) is 76.0 Å². The molecular weight excluding hydrogens is 460 g/mol. The fraction of sp³-hybridized carbons (Fsp3) is 0.357. The van der Waals surface area contributed by atoms with Gasteiger partial charge in [0.05, 0.1) is 20.6 Å². The molecule has 1 atom stereocenters. The third-order valence-corrected chi connectivity index (χ3v) is 7.29. The Morgan fingerprint density at radius 3 is 2.37 bits per heavy atom. The van der Waals surface area contributed by atoms with Crippen molar-refractivity contribution in [1.29, 1.82) is 0 Å². The fourth-order valence-electron chi connectivity index (χ4n) is 4.58. The summed E-state index contributed by atoms with van der Waals surface area (Å²) in [4.78, 5) is 30.3. The summed E-state index contributed by atoms with van der Waals surface area (Å²) in [6.45, 7) is 2.00. The highest BCUT2D eigenvalue weighted by Crippen LogP contribution is 2.35. The Hall–Kier alpha value is -3.32. The molecule has 0 bridgehead atoms. The lowest BCUT2D eigenvalue weighted by Crippen LogP contribution is -2.46. The molecule has 1 aromatic heterocycles. The minimum absolute atomic E-state index is 0.123. The predicted molar refractivity (Wildman–Crippen MR) is 139 cm³/mol. The second kappa shape index (κ2) is 11.4. The van der Waals surface area contributed by atoms with Gasteiger partial charge in [-0.2, -0.15) is 0 Å². The SMILES string of the molecule is COc1ccc([C@@H](C(=O)NC2CCCC2)N(C(=O)Cc2cccs2)c2ccc(C)cc2)cc1OC. The van der Waals surface area contributed by atoms with E-state index in [1.54, 1.807) is 31.3 Å². The number of nitrogens with zero attached hydrogens (tertiary/aromatic N) is 1. The second-order valence-electron chi connectivity index (χ2n) is 8.86. The number of aryl methyl sites for hydroxylation is 1. The van der Waals surface area contributed by atoms with Gasteiger partial charge in [0, 0.05) is 16.6 Å². The van der Waals surface area contributed by atoms with E-state index in [2.05, 4.69) is 5.32 Å². The third kappa shape index (κ3) is 5.85. The van der Waals surface area contributed by atoms with E-state index in [-0.39, 0.29) is 24.3 Å². The average molecular weight is 493 g/mol. The maximum absolute atomic E-state index is 13.9. The topological polar surface area (TPSA) is 67.9 Å². The first-order valence-electron chi connectivity index (χ1n) is 11.9. The number of benzene rings is 2. The zero-order valence-corrected chi connectivity index (χ0v) is 21.3. The van der Waals surface area contributed by atoms with Gasteiger partial charge in [-0.3, -0.25) is 14.5 Å². The zero-order valence-electron chi connectivity index (χ0n) is 20.5. The van der Waals surface area contributed by atoms with Gasteiger partial charge in [-0.1, -0.05) is 42.7 Å². The highest BCUT2D eigenvalue weighted by Gasteiger charge is 2.35. The summed E-state index contributed by atoms with van der Waals surface area (Å²) in [6, 6.07) is 16.3. The third-order valence-electron chi connectivity index (χ3n) is 6.42. The van der Waals surface area contributed by atoms with Gasteiger partial charge in [0.15, 0.2) is 11.5 Å². The molecule has 0 radical (unpaired) electrons. The predicted octanol–water partition coefficient (Wildman–Crippen LogP) is 5.45. The normalized spacial score (nSPS) is 14.4. The van der Waals surface area contributed by atoms with Gasteiger partial charge in [0.1, 0.15) is 6.04 Å². The number of carbonyl (C=O) groups is 2. The highest BCUT2D eigenvalue weighted by atomic mass is 32.1. The van der Waals surface area contributed by atoms with Crippen molar-refractivity contribution in [3.8, 4) is 11.5 Å². The summed E-state index contributed by atoms with van der Waals surface area (Å²) in [6.07, 6.45) is 4.33. The number of ether oxygens (including phenoxy) is 2. The molecule has 0 saturated heterocycles. The van der Waals surface area contributed by atoms with Crippen LogP contribution in [-0.2, 0) is 16.0 Å². The molecule has 0 spiro atoms. The van der Waals surface area contributed by atoms with Gasteiger partial charge < -0.3 is 14.8 Å². The van der Waals surface area contributed by atoms with E-state index in [0.29, 0.717) is 22.7 Å². The first-order valence-corrected chi connectivity index (χ1v) is 12.8. The van der Waals surface area contributed by atoms with Crippen molar-refractivity contribution < 1.29 is 19.1 Å². The van der Waals surface area contributed by atoms with E-state index in [9.17, 15) is 9.59 Å². The lowest BCUT2D eigenvalue weighted by Gasteiger charge is -2.32. The molecule has 2 aromatic carbocycles. The Morgan fingerprint density at radius 2 is 1.74 bits per heavy atom. The minimum Gasteiger partial charge on any atom is -0.493 e. The number of methoxy groups -OCH3 is 2. The Labute approximate surface area is 210 Å². The second-order valence-corrected chi connectivity index (χ2v) is 9.89. The smallest absolute Gasteiger partial charge is 0.248 e. The molecule has 1 aliphatic rings. The fourth-order valence-corrected chi connectivity index (χ4v) is 5.28. The highest BCUT2D eigenvalue weighted by molar-refractivity contribution is 7.10. The molecular formula is C28H32N2O4S. The molecule has 1 fully saturated rings. The first kappa shape index (κ1) is 24.8. The Balaban J connectivity index is 1.80. The molecule has 1 N–H and O–H groups in total. The van der Waals surface area contributed by atoms with Gasteiger partial charge in [-0.25, -0.2) is 0 Å². The number of anilines is 1. The largest absolute Gasteiger partial charge is 0.493 e. The van der Waals surface area contributed by atoms with Crippen LogP contribution in [-0.4, -0.2) is 32.1 Å². The number of rotatable bonds is 9. The monoisotopic (exact) mass is 492 g/mol. The molecule has 3 aromatic rings. The first-order chi connectivity index (χ1) is 17.0. The van der Waals surface area contributed by atoms with Crippen LogP contribution in [0.5, 0.6) is 11.5 Å². The summed E-state index contributed by atoms with van der Waals surface area (Å²) in [7, 11) is 3.14. The van der Waals surface area contributed by atoms with Crippen LogP contribution in [0.4, 0.5) is 5.69 Å². The number of nitrogens with one attached hydrogen (secondary N) is 1. The lowest BCUT2D eigenvalue weighted by molar-refractivity contribution is -0.127. The molecule has 2 amide bonds. The summed E-state index contributed by atoms with van der Waals surface area (Å²) >= 11 is 1.53. The molecule has 1 aliphatic carbocycles. The molecule has 4 rings (SSSR count). The van der Waals surface area contributed by atoms with E-state index in [1.807, 2.05) is 54.8 Å². The summed E-state index contributed by atoms with van der Waals surface area (Å²) in [5.74, 6) is 0.748. The molecule has 1 saturated carbocycles. The molecule has 184 valence electrons. The van der Waals surface area contributed by atoms with Crippen LogP contribution in [0, 0.1) is 6.92 Å². The Morgan fingerprint density at radius 1 is 1.03 bits per heavy atom. The number of hydrogen-bond acceptors (Lipinski definition) is 5. The molecule has 35 heavy (non-hydrogen) atoms. The van der Waals surface area contributed by atoms with E-state index in [0.717, 1.165) is 36.1 Å². The van der Waals surface area contributed by atoms with E-state index >= 15 is 0 Å². The van der Waals surface area contributed by atoms with E-state index in [4.69, 9.17) is 9.47 Å². The van der Waals surface area contributed by atoms with Gasteiger partial charge >= 0.3 is 0 Å². The standard InChI is InChI=1S/C28H32N2O4S/c1-19-10-13-22(14-11-19)30(26(31)18-23-9-6-16-35-23)27(28(32)29-21-7-4-5-8-21)20-12-15-24(33-2)25(17-20)34-3/h6,9-17,21,27H,4-5,7-8,18H2,1-3H3,(H,29,32)/t27-/m0/s1. The zero-order chi connectivity index (χ0) is 24.8. The maximum Gasteiger partial charge on any atom is 0.248 e.